The lowest BCUT2D eigenvalue weighted by Crippen LogP contribution is -2.62. The van der Waals surface area contributed by atoms with Crippen molar-refractivity contribution in [2.45, 2.75) is 50.5 Å². The molecule has 0 amide bonds. The Morgan fingerprint density at radius 1 is 1.23 bits per heavy atom. The topological polar surface area (TPSA) is 92.0 Å². The number of aromatic hydroxyl groups is 1. The van der Waals surface area contributed by atoms with E-state index in [9.17, 15) is 5.11 Å². The summed E-state index contributed by atoms with van der Waals surface area (Å²) in [5, 5.41) is 22.4. The summed E-state index contributed by atoms with van der Waals surface area (Å²) in [6.45, 7) is 2.20. The number of piperidine rings is 2. The number of hydrogen-bond acceptors (Lipinski definition) is 7. The van der Waals surface area contributed by atoms with E-state index in [2.05, 4.69) is 32.4 Å². The van der Waals surface area contributed by atoms with Gasteiger partial charge in [0.25, 0.3) is 0 Å². The Morgan fingerprint density at radius 3 is 2.81 bits per heavy atom. The second-order valence-electron chi connectivity index (χ2n) is 8.72. The lowest BCUT2D eigenvalue weighted by Gasteiger charge is -2.47. The Morgan fingerprint density at radius 2 is 2.10 bits per heavy atom. The number of halogens is 1. The molecular weight excluding hydrogens is 397 g/mol. The highest BCUT2D eigenvalue weighted by Gasteiger charge is 2.43. The number of alkyl halides is 1. The summed E-state index contributed by atoms with van der Waals surface area (Å²) in [4.78, 5) is 10.2. The first-order valence-corrected chi connectivity index (χ1v) is 10.6. The van der Waals surface area contributed by atoms with Crippen molar-refractivity contribution in [3.63, 3.8) is 0 Å². The molecule has 4 heterocycles. The summed E-state index contributed by atoms with van der Waals surface area (Å²) in [6, 6.07) is 5.20. The smallest absolute Gasteiger partial charge is 0.245 e. The van der Waals surface area contributed by atoms with Gasteiger partial charge in [-0.25, -0.2) is 14.4 Å². The summed E-state index contributed by atoms with van der Waals surface area (Å²) < 4.78 is 17.0. The summed E-state index contributed by atoms with van der Waals surface area (Å²) >= 11 is 0. The van der Waals surface area contributed by atoms with Crippen molar-refractivity contribution >= 4 is 5.95 Å². The first-order valence-electron chi connectivity index (χ1n) is 10.6. The van der Waals surface area contributed by atoms with Crippen molar-refractivity contribution in [1.29, 1.82) is 0 Å². The number of aromatic nitrogens is 5. The van der Waals surface area contributed by atoms with E-state index < -0.39 is 6.17 Å². The number of nitrogens with one attached hydrogen (secondary N) is 1. The molecule has 2 fully saturated rings. The number of fused-ring (bicyclic) bond motifs is 2. The van der Waals surface area contributed by atoms with E-state index in [0.717, 1.165) is 24.9 Å². The highest BCUT2D eigenvalue weighted by molar-refractivity contribution is 5.68. The number of rotatable bonds is 4. The summed E-state index contributed by atoms with van der Waals surface area (Å²) in [7, 11) is 1.83. The molecule has 2 bridgehead atoms. The Kier molecular flexibility index (Phi) is 5.05. The molecule has 2 N–H and O–H groups in total. The first kappa shape index (κ1) is 19.9. The lowest BCUT2D eigenvalue weighted by atomic mass is 9.77. The summed E-state index contributed by atoms with van der Waals surface area (Å²) in [5.74, 6) is 1.01. The molecule has 8 nitrogen and oxygen atoms in total. The van der Waals surface area contributed by atoms with Crippen LogP contribution in [-0.4, -0.2) is 61.2 Å². The Bertz CT molecular complexity index is 1040. The predicted molar refractivity (Wildman–Crippen MR) is 115 cm³/mol. The number of benzene rings is 1. The van der Waals surface area contributed by atoms with Gasteiger partial charge >= 0.3 is 0 Å². The van der Waals surface area contributed by atoms with Crippen molar-refractivity contribution in [2.24, 2.45) is 5.92 Å². The normalized spacial score (nSPS) is 27.8. The standard InChI is InChI=1S/C22H26FN7O/c1-13-7-14-9-19(21(23)17(8-13)26-14)29(2)22-25-11-18(27-28-22)16-4-3-15(10-20(16)31)30-6-5-24-12-30/h3-6,10-14,17,19,21,26,31H,7-9H2,1-2H3/t13-,14?,17?,19+,21+/m1/s1. The van der Waals surface area contributed by atoms with Crippen LogP contribution >= 0.6 is 0 Å². The molecule has 9 heteroatoms. The number of nitrogens with zero attached hydrogens (tertiary/aromatic N) is 6. The number of phenolic OH excluding ortho intramolecular Hbond substituents is 1. The van der Waals surface area contributed by atoms with Crippen LogP contribution in [0.1, 0.15) is 26.2 Å². The number of anilines is 1. The van der Waals surface area contributed by atoms with Crippen LogP contribution in [-0.2, 0) is 0 Å². The van der Waals surface area contributed by atoms with Crippen LogP contribution in [0.3, 0.4) is 0 Å². The van der Waals surface area contributed by atoms with Crippen LogP contribution in [0.25, 0.3) is 16.9 Å². The third-order valence-corrected chi connectivity index (χ3v) is 6.49. The Balaban J connectivity index is 1.34. The highest BCUT2D eigenvalue weighted by Crippen LogP contribution is 2.34. The van der Waals surface area contributed by atoms with Crippen LogP contribution in [0.15, 0.2) is 43.1 Å². The van der Waals surface area contributed by atoms with Gasteiger partial charge in [-0.2, -0.15) is 0 Å². The van der Waals surface area contributed by atoms with Crippen molar-refractivity contribution in [1.82, 2.24) is 30.0 Å². The first-order chi connectivity index (χ1) is 15.0. The average molecular weight is 423 g/mol. The van der Waals surface area contributed by atoms with Crippen LogP contribution in [0, 0.1) is 5.92 Å². The van der Waals surface area contributed by atoms with Gasteiger partial charge in [-0.15, -0.1) is 10.2 Å². The van der Waals surface area contributed by atoms with Gasteiger partial charge in [0, 0.05) is 43.2 Å². The third kappa shape index (κ3) is 3.74. The minimum atomic E-state index is -0.980. The minimum absolute atomic E-state index is 0.0764. The van der Waals surface area contributed by atoms with Crippen molar-refractivity contribution in [3.8, 4) is 22.7 Å². The molecule has 0 radical (unpaired) electrons. The monoisotopic (exact) mass is 423 g/mol. The molecule has 2 saturated heterocycles. The second kappa shape index (κ2) is 7.88. The van der Waals surface area contributed by atoms with Crippen LogP contribution in [0.4, 0.5) is 10.3 Å². The fourth-order valence-electron chi connectivity index (χ4n) is 4.91. The molecule has 0 saturated carbocycles. The van der Waals surface area contributed by atoms with Crippen LogP contribution in [0.5, 0.6) is 5.75 Å². The molecule has 1 aromatic carbocycles. The van der Waals surface area contributed by atoms with Gasteiger partial charge in [0.05, 0.1) is 24.3 Å². The summed E-state index contributed by atoms with van der Waals surface area (Å²) in [6.07, 6.45) is 8.37. The molecule has 162 valence electrons. The van der Waals surface area contributed by atoms with Gasteiger partial charge in [0.15, 0.2) is 0 Å². The van der Waals surface area contributed by atoms with Gasteiger partial charge < -0.3 is 19.9 Å². The van der Waals surface area contributed by atoms with Crippen LogP contribution in [0.2, 0.25) is 0 Å². The zero-order chi connectivity index (χ0) is 21.5. The van der Waals surface area contributed by atoms with Gasteiger partial charge in [-0.1, -0.05) is 6.92 Å². The maximum Gasteiger partial charge on any atom is 0.245 e. The Labute approximate surface area is 180 Å². The van der Waals surface area contributed by atoms with Crippen molar-refractivity contribution < 1.29 is 9.50 Å². The van der Waals surface area contributed by atoms with E-state index in [1.807, 2.05) is 13.1 Å². The van der Waals surface area contributed by atoms with E-state index in [1.54, 1.807) is 46.5 Å². The quantitative estimate of drug-likeness (QED) is 0.667. The van der Waals surface area contributed by atoms with E-state index in [4.69, 9.17) is 0 Å². The molecule has 5 atom stereocenters. The maximum absolute atomic E-state index is 15.2. The molecule has 31 heavy (non-hydrogen) atoms. The zero-order valence-corrected chi connectivity index (χ0v) is 17.6. The van der Waals surface area contributed by atoms with Crippen molar-refractivity contribution in [2.75, 3.05) is 11.9 Å². The molecule has 0 aliphatic carbocycles. The van der Waals surface area contributed by atoms with Gasteiger partial charge in [-0.05, 0) is 37.3 Å². The number of phenols is 1. The molecule has 5 rings (SSSR count). The van der Waals surface area contributed by atoms with E-state index in [0.29, 0.717) is 29.2 Å². The number of imidazole rings is 1. The van der Waals surface area contributed by atoms with Gasteiger partial charge in [-0.3, -0.25) is 0 Å². The SMILES string of the molecule is C[C@@H]1CC2C[C@H](N(C)c3ncc(-c4ccc(-n5ccnc5)cc4O)nn3)[C@@H](F)C(C1)N2. The molecule has 2 aliphatic rings. The highest BCUT2D eigenvalue weighted by atomic mass is 19.1. The Hall–Kier alpha value is -3.07. The molecule has 2 aromatic heterocycles. The maximum atomic E-state index is 15.2. The largest absolute Gasteiger partial charge is 0.507 e. The van der Waals surface area contributed by atoms with E-state index in [1.165, 1.54) is 0 Å². The van der Waals surface area contributed by atoms with E-state index >= 15 is 4.39 Å². The second-order valence-corrected chi connectivity index (χ2v) is 8.72. The van der Waals surface area contributed by atoms with Gasteiger partial charge in [0.1, 0.15) is 17.6 Å². The minimum Gasteiger partial charge on any atom is -0.507 e. The van der Waals surface area contributed by atoms with E-state index in [-0.39, 0.29) is 17.8 Å². The molecule has 0 spiro atoms. The van der Waals surface area contributed by atoms with Gasteiger partial charge in [0.2, 0.25) is 5.95 Å². The molecule has 3 aromatic rings. The molecule has 2 unspecified atom stereocenters. The summed E-state index contributed by atoms with van der Waals surface area (Å²) in [5.41, 5.74) is 1.78. The third-order valence-electron chi connectivity index (χ3n) is 6.49. The fourth-order valence-corrected chi connectivity index (χ4v) is 4.91. The van der Waals surface area contributed by atoms with Crippen molar-refractivity contribution in [3.05, 3.63) is 43.1 Å². The lowest BCUT2D eigenvalue weighted by molar-refractivity contribution is 0.0848. The predicted octanol–water partition coefficient (Wildman–Crippen LogP) is 2.73. The molecule has 2 aliphatic heterocycles. The fraction of sp³-hybridized carbons (Fsp3) is 0.455. The molecular formula is C22H26FN7O. The average Bonchev–Trinajstić information content (AvgIpc) is 3.31. The van der Waals surface area contributed by atoms with Crippen LogP contribution < -0.4 is 10.2 Å². The zero-order valence-electron chi connectivity index (χ0n) is 17.6. The number of hydrogen-bond donors (Lipinski definition) is 2.